The third kappa shape index (κ3) is 5.56. The van der Waals surface area contributed by atoms with E-state index in [9.17, 15) is 0 Å². The summed E-state index contributed by atoms with van der Waals surface area (Å²) in [5.41, 5.74) is 1.34. The number of morpholine rings is 1. The summed E-state index contributed by atoms with van der Waals surface area (Å²) in [5.74, 6) is 1.60. The topological polar surface area (TPSA) is 57.9 Å². The Labute approximate surface area is 174 Å². The van der Waals surface area contributed by atoms with Gasteiger partial charge in [-0.15, -0.1) is 24.0 Å². The summed E-state index contributed by atoms with van der Waals surface area (Å²) in [7, 11) is 1.98. The fraction of sp³-hybridized carbons (Fsp3) is 0.778. The van der Waals surface area contributed by atoms with Crippen LogP contribution in [0.4, 0.5) is 0 Å². The van der Waals surface area contributed by atoms with Gasteiger partial charge in [0.15, 0.2) is 5.96 Å². The Morgan fingerprint density at radius 1 is 1.38 bits per heavy atom. The highest BCUT2D eigenvalue weighted by Gasteiger charge is 2.27. The Balaban J connectivity index is 0.00000243. The molecule has 0 amide bonds. The van der Waals surface area contributed by atoms with Crippen LogP contribution in [0.15, 0.2) is 17.4 Å². The predicted octanol–water partition coefficient (Wildman–Crippen LogP) is 1.51. The second-order valence-electron chi connectivity index (χ2n) is 7.07. The molecule has 0 aliphatic carbocycles. The zero-order valence-electron chi connectivity index (χ0n) is 16.2. The molecule has 1 N–H and O–H groups in total. The van der Waals surface area contributed by atoms with Crippen LogP contribution in [-0.2, 0) is 11.8 Å². The van der Waals surface area contributed by atoms with Crippen LogP contribution < -0.4 is 5.32 Å². The van der Waals surface area contributed by atoms with Crippen molar-refractivity contribution in [3.8, 4) is 0 Å². The Morgan fingerprint density at radius 2 is 2.15 bits per heavy atom. The molecule has 2 saturated heterocycles. The molecular weight excluding hydrogens is 443 g/mol. The van der Waals surface area contributed by atoms with E-state index in [2.05, 4.69) is 40.3 Å². The van der Waals surface area contributed by atoms with E-state index in [1.165, 1.54) is 5.56 Å². The Kier molecular flexibility index (Phi) is 8.62. The molecule has 8 heteroatoms. The van der Waals surface area contributed by atoms with E-state index in [0.717, 1.165) is 64.9 Å². The lowest BCUT2D eigenvalue weighted by molar-refractivity contribution is 0.0220. The van der Waals surface area contributed by atoms with Gasteiger partial charge in [-0.3, -0.25) is 14.6 Å². The molecule has 0 spiro atoms. The summed E-state index contributed by atoms with van der Waals surface area (Å²) in [5, 5.41) is 7.79. The van der Waals surface area contributed by atoms with Crippen molar-refractivity contribution in [1.29, 1.82) is 0 Å². The van der Waals surface area contributed by atoms with Crippen LogP contribution in [0.5, 0.6) is 0 Å². The smallest absolute Gasteiger partial charge is 0.193 e. The van der Waals surface area contributed by atoms with Gasteiger partial charge in [0.1, 0.15) is 0 Å². The summed E-state index contributed by atoms with van der Waals surface area (Å²) < 4.78 is 7.34. The minimum Gasteiger partial charge on any atom is -0.379 e. The van der Waals surface area contributed by atoms with Gasteiger partial charge in [-0.05, 0) is 25.8 Å². The number of aliphatic imine (C=N–C) groups is 1. The summed E-state index contributed by atoms with van der Waals surface area (Å²) in [4.78, 5) is 9.80. The first-order chi connectivity index (χ1) is 12.2. The summed E-state index contributed by atoms with van der Waals surface area (Å²) in [6.07, 6.45) is 5.30. The number of rotatable bonds is 5. The number of nitrogens with one attached hydrogen (secondary N) is 1. The van der Waals surface area contributed by atoms with Crippen LogP contribution in [0.1, 0.15) is 31.7 Å². The molecule has 2 atom stereocenters. The zero-order chi connectivity index (χ0) is 17.6. The lowest BCUT2D eigenvalue weighted by atomic mass is 10.0. The second kappa shape index (κ2) is 10.5. The summed E-state index contributed by atoms with van der Waals surface area (Å²) >= 11 is 0. The quantitative estimate of drug-likeness (QED) is 0.397. The van der Waals surface area contributed by atoms with Crippen molar-refractivity contribution < 1.29 is 4.74 Å². The number of ether oxygens (including phenoxy) is 1. The molecule has 2 fully saturated rings. The van der Waals surface area contributed by atoms with Crippen LogP contribution in [0.25, 0.3) is 0 Å². The highest BCUT2D eigenvalue weighted by Crippen LogP contribution is 2.26. The normalized spacial score (nSPS) is 23.0. The molecule has 0 aromatic carbocycles. The lowest BCUT2D eigenvalue weighted by Gasteiger charge is -2.31. The van der Waals surface area contributed by atoms with Gasteiger partial charge in [0, 0.05) is 57.9 Å². The fourth-order valence-corrected chi connectivity index (χ4v) is 3.65. The van der Waals surface area contributed by atoms with Crippen molar-refractivity contribution in [2.75, 3.05) is 52.5 Å². The molecule has 3 rings (SSSR count). The zero-order valence-corrected chi connectivity index (χ0v) is 18.6. The number of hydrogen-bond acceptors (Lipinski definition) is 4. The predicted molar refractivity (Wildman–Crippen MR) is 115 cm³/mol. The van der Waals surface area contributed by atoms with Crippen molar-refractivity contribution >= 4 is 29.9 Å². The van der Waals surface area contributed by atoms with E-state index < -0.39 is 0 Å². The molecule has 1 aromatic rings. The maximum Gasteiger partial charge on any atom is 0.193 e. The number of guanidine groups is 1. The van der Waals surface area contributed by atoms with Crippen LogP contribution in [0.2, 0.25) is 0 Å². The first-order valence-electron chi connectivity index (χ1n) is 9.51. The number of nitrogens with zero attached hydrogens (tertiary/aromatic N) is 5. The van der Waals surface area contributed by atoms with Gasteiger partial charge in [0.2, 0.25) is 0 Å². The summed E-state index contributed by atoms with van der Waals surface area (Å²) in [6.45, 7) is 11.9. The Hall–Kier alpha value is -0.870. The van der Waals surface area contributed by atoms with Gasteiger partial charge in [0.05, 0.1) is 26.0 Å². The third-order valence-electron chi connectivity index (χ3n) is 5.19. The van der Waals surface area contributed by atoms with Crippen molar-refractivity contribution in [2.45, 2.75) is 32.2 Å². The molecular formula is C18H33IN6O. The Bertz CT molecular complexity index is 572. The minimum atomic E-state index is 0. The molecule has 1 aromatic heterocycles. The first-order valence-corrected chi connectivity index (χ1v) is 9.51. The molecule has 0 saturated carbocycles. The molecule has 3 heterocycles. The van der Waals surface area contributed by atoms with Crippen molar-refractivity contribution in [3.05, 3.63) is 18.0 Å². The van der Waals surface area contributed by atoms with Crippen LogP contribution in [-0.4, -0.2) is 84.1 Å². The lowest BCUT2D eigenvalue weighted by Crippen LogP contribution is -2.45. The van der Waals surface area contributed by atoms with E-state index in [1.807, 2.05) is 17.9 Å². The van der Waals surface area contributed by atoms with Crippen molar-refractivity contribution in [3.63, 3.8) is 0 Å². The first kappa shape index (κ1) is 21.4. The van der Waals surface area contributed by atoms with Crippen LogP contribution >= 0.6 is 24.0 Å². The maximum absolute atomic E-state index is 5.45. The summed E-state index contributed by atoms with van der Waals surface area (Å²) in [6, 6.07) is 0.453. The SMILES string of the molecule is CCNC(=NCC(C)N1CCOCC1)N1CCC(c2cnn(C)c2)C1.I. The number of likely N-dealkylation sites (tertiary alicyclic amines) is 1. The number of hydrogen-bond donors (Lipinski definition) is 1. The van der Waals surface area contributed by atoms with Crippen LogP contribution in [0, 0.1) is 0 Å². The van der Waals surface area contributed by atoms with E-state index in [4.69, 9.17) is 9.73 Å². The minimum absolute atomic E-state index is 0. The molecule has 26 heavy (non-hydrogen) atoms. The van der Waals surface area contributed by atoms with Gasteiger partial charge in [-0.2, -0.15) is 5.10 Å². The Morgan fingerprint density at radius 3 is 2.81 bits per heavy atom. The largest absolute Gasteiger partial charge is 0.379 e. The third-order valence-corrected chi connectivity index (χ3v) is 5.19. The number of aromatic nitrogens is 2. The number of aryl methyl sites for hydroxylation is 1. The van der Waals surface area contributed by atoms with Gasteiger partial charge < -0.3 is 15.0 Å². The molecule has 148 valence electrons. The van der Waals surface area contributed by atoms with Gasteiger partial charge >= 0.3 is 0 Å². The van der Waals surface area contributed by atoms with E-state index in [0.29, 0.717) is 12.0 Å². The van der Waals surface area contributed by atoms with Crippen molar-refractivity contribution in [2.24, 2.45) is 12.0 Å². The monoisotopic (exact) mass is 476 g/mol. The molecule has 7 nitrogen and oxygen atoms in total. The average molecular weight is 476 g/mol. The van der Waals surface area contributed by atoms with Gasteiger partial charge in [-0.25, -0.2) is 0 Å². The highest BCUT2D eigenvalue weighted by atomic mass is 127. The molecule has 0 radical (unpaired) electrons. The fourth-order valence-electron chi connectivity index (χ4n) is 3.65. The maximum atomic E-state index is 5.45. The van der Waals surface area contributed by atoms with Gasteiger partial charge in [-0.1, -0.05) is 0 Å². The van der Waals surface area contributed by atoms with E-state index in [-0.39, 0.29) is 24.0 Å². The van der Waals surface area contributed by atoms with E-state index in [1.54, 1.807) is 0 Å². The molecule has 0 bridgehead atoms. The van der Waals surface area contributed by atoms with Gasteiger partial charge in [0.25, 0.3) is 0 Å². The molecule has 2 aliphatic heterocycles. The highest BCUT2D eigenvalue weighted by molar-refractivity contribution is 14.0. The number of halogens is 1. The molecule has 2 unspecified atom stereocenters. The average Bonchev–Trinajstić information content (AvgIpc) is 3.28. The molecule has 2 aliphatic rings. The second-order valence-corrected chi connectivity index (χ2v) is 7.07. The van der Waals surface area contributed by atoms with Crippen LogP contribution in [0.3, 0.4) is 0 Å². The van der Waals surface area contributed by atoms with E-state index >= 15 is 0 Å². The standard InChI is InChI=1S/C18H32N6O.HI/c1-4-19-18(20-11-15(2)23-7-9-25-10-8-23)24-6-5-16(14-24)17-12-21-22(3)13-17;/h12-13,15-16H,4-11,14H2,1-3H3,(H,19,20);1H. The van der Waals surface area contributed by atoms with Crippen molar-refractivity contribution in [1.82, 2.24) is 24.9 Å².